The summed E-state index contributed by atoms with van der Waals surface area (Å²) in [6.07, 6.45) is 0. The molecule has 0 rings (SSSR count). The molecule has 0 nitrogen and oxygen atoms in total. The normalized spacial score (nSPS) is 2.80. The summed E-state index contributed by atoms with van der Waals surface area (Å²) in [5, 5.41) is 0. The van der Waals surface area contributed by atoms with Gasteiger partial charge in [-0.15, -0.1) is 0 Å². The summed E-state index contributed by atoms with van der Waals surface area (Å²) in [4.78, 5) is 2.49. The fraction of sp³-hybridized carbons (Fsp3) is 0.333. The van der Waals surface area contributed by atoms with Gasteiger partial charge in [0.05, 0.1) is 0 Å². The summed E-state index contributed by atoms with van der Waals surface area (Å²) >= 11 is 2.89. The second kappa shape index (κ2) is 8.84. The van der Waals surface area contributed by atoms with E-state index >= 15 is 0 Å². The van der Waals surface area contributed by atoms with Crippen LogP contribution >= 0.6 is 15.9 Å². The van der Waals surface area contributed by atoms with Crippen LogP contribution in [0.15, 0.2) is 0 Å². The summed E-state index contributed by atoms with van der Waals surface area (Å²) in [5.74, 6) is 2.60. The Morgan fingerprint density at radius 2 is 2.00 bits per heavy atom. The van der Waals surface area contributed by atoms with Crippen molar-refractivity contribution >= 4 is 39.0 Å². The van der Waals surface area contributed by atoms with Crippen LogP contribution in [0, 0.1) is 10.8 Å². The van der Waals surface area contributed by atoms with Crippen LogP contribution in [0.5, 0.6) is 0 Å². The number of halogens is 1. The molecule has 0 amide bonds. The van der Waals surface area contributed by atoms with Crippen molar-refractivity contribution in [3.8, 4) is 10.8 Å². The maximum atomic E-state index is 2.89. The zero-order valence-corrected chi connectivity index (χ0v) is 6.09. The summed E-state index contributed by atoms with van der Waals surface area (Å²) in [6.45, 7) is 1.77. The molecule has 0 heterocycles. The SMILES string of the molecule is CC#CBr.[H-].[H-].[Mg+2]. The van der Waals surface area contributed by atoms with E-state index in [1.807, 2.05) is 0 Å². The third kappa shape index (κ3) is 11.6. The van der Waals surface area contributed by atoms with Crippen LogP contribution in [0.2, 0.25) is 0 Å². The second-order valence-corrected chi connectivity index (χ2v) is 0.741. The van der Waals surface area contributed by atoms with Crippen LogP contribution in [0.3, 0.4) is 0 Å². The summed E-state index contributed by atoms with van der Waals surface area (Å²) in [7, 11) is 0. The van der Waals surface area contributed by atoms with E-state index in [9.17, 15) is 0 Å². The van der Waals surface area contributed by atoms with E-state index in [1.165, 1.54) is 0 Å². The zero-order valence-electron chi connectivity index (χ0n) is 5.09. The third-order valence-corrected chi connectivity index (χ3v) is 0.491. The molecule has 0 saturated carbocycles. The quantitative estimate of drug-likeness (QED) is 0.355. The van der Waals surface area contributed by atoms with Gasteiger partial charge >= 0.3 is 23.1 Å². The second-order valence-electron chi connectivity index (χ2n) is 0.344. The maximum absolute atomic E-state index is 2.89. The molecule has 0 aliphatic carbocycles. The first-order valence-electron chi connectivity index (χ1n) is 0.939. The van der Waals surface area contributed by atoms with E-state index in [2.05, 4.69) is 26.7 Å². The van der Waals surface area contributed by atoms with Crippen LogP contribution < -0.4 is 0 Å². The Balaban J connectivity index is -0.0000000150. The molecule has 0 fully saturated rings. The van der Waals surface area contributed by atoms with Crippen LogP contribution in [-0.2, 0) is 0 Å². The molecule has 0 N–H and O–H groups in total. The van der Waals surface area contributed by atoms with Crippen LogP contribution in [-0.4, -0.2) is 23.1 Å². The first kappa shape index (κ1) is 9.26. The van der Waals surface area contributed by atoms with Crippen LogP contribution in [0.1, 0.15) is 9.78 Å². The van der Waals surface area contributed by atoms with E-state index in [4.69, 9.17) is 0 Å². The maximum Gasteiger partial charge on any atom is 2.00 e. The molecule has 0 aliphatic rings. The molecule has 0 saturated heterocycles. The average Bonchev–Trinajstić information content (AvgIpc) is 1.37. The van der Waals surface area contributed by atoms with E-state index in [0.29, 0.717) is 0 Å². The first-order chi connectivity index (χ1) is 1.91. The van der Waals surface area contributed by atoms with Gasteiger partial charge in [0.15, 0.2) is 0 Å². The molecule has 0 aromatic carbocycles. The van der Waals surface area contributed by atoms with Gasteiger partial charge in [0.25, 0.3) is 0 Å². The van der Waals surface area contributed by atoms with Gasteiger partial charge < -0.3 is 2.85 Å². The van der Waals surface area contributed by atoms with Crippen molar-refractivity contribution in [2.45, 2.75) is 6.92 Å². The average molecular weight is 145 g/mol. The Kier molecular flexibility index (Phi) is 16.4. The fourth-order valence-electron chi connectivity index (χ4n) is 0. The van der Waals surface area contributed by atoms with E-state index in [0.717, 1.165) is 0 Å². The topological polar surface area (TPSA) is 0 Å². The summed E-state index contributed by atoms with van der Waals surface area (Å²) in [5.41, 5.74) is 0. The van der Waals surface area contributed by atoms with Gasteiger partial charge in [0.2, 0.25) is 0 Å². The molecule has 0 spiro atoms. The molecule has 0 radical (unpaired) electrons. The van der Waals surface area contributed by atoms with Crippen molar-refractivity contribution in [1.29, 1.82) is 0 Å². The Labute approximate surface area is 59.6 Å². The molecular weight excluding hydrogens is 140 g/mol. The molecule has 0 aliphatic heterocycles. The molecule has 0 bridgehead atoms. The van der Waals surface area contributed by atoms with Crippen molar-refractivity contribution in [3.05, 3.63) is 0 Å². The van der Waals surface area contributed by atoms with Gasteiger partial charge in [-0.1, -0.05) is 5.92 Å². The summed E-state index contributed by atoms with van der Waals surface area (Å²) < 4.78 is 0. The van der Waals surface area contributed by atoms with Gasteiger partial charge in [-0.3, -0.25) is 0 Å². The molecule has 0 aromatic heterocycles. The molecule has 5 heavy (non-hydrogen) atoms. The smallest absolute Gasteiger partial charge is 1.00 e. The van der Waals surface area contributed by atoms with Gasteiger partial charge in [0.1, 0.15) is 0 Å². The number of hydrogen-bond acceptors (Lipinski definition) is 0. The largest absolute Gasteiger partial charge is 2.00 e. The minimum absolute atomic E-state index is 0. The number of rotatable bonds is 0. The minimum atomic E-state index is 0. The van der Waals surface area contributed by atoms with Crippen molar-refractivity contribution in [3.63, 3.8) is 0 Å². The van der Waals surface area contributed by atoms with Crippen LogP contribution in [0.4, 0.5) is 0 Å². The third-order valence-electron chi connectivity index (χ3n) is 0.0945. The van der Waals surface area contributed by atoms with Gasteiger partial charge in [-0.25, -0.2) is 0 Å². The molecule has 26 valence electrons. The summed E-state index contributed by atoms with van der Waals surface area (Å²) in [6, 6.07) is 0. The molecule has 2 heteroatoms. The van der Waals surface area contributed by atoms with Crippen molar-refractivity contribution in [2.24, 2.45) is 0 Å². The minimum Gasteiger partial charge on any atom is -1.00 e. The predicted molar refractivity (Wildman–Crippen MR) is 30.4 cm³/mol. The van der Waals surface area contributed by atoms with Crippen molar-refractivity contribution < 1.29 is 2.85 Å². The Morgan fingerprint density at radius 3 is 2.00 bits per heavy atom. The first-order valence-corrected chi connectivity index (χ1v) is 1.73. The van der Waals surface area contributed by atoms with E-state index < -0.39 is 0 Å². The molecule has 0 aromatic rings. The molecule has 0 atom stereocenters. The van der Waals surface area contributed by atoms with Crippen molar-refractivity contribution in [1.82, 2.24) is 0 Å². The van der Waals surface area contributed by atoms with E-state index in [1.54, 1.807) is 6.92 Å². The van der Waals surface area contributed by atoms with E-state index in [-0.39, 0.29) is 25.9 Å². The van der Waals surface area contributed by atoms with Gasteiger partial charge in [-0.05, 0) is 11.8 Å². The number of hydrogen-bond donors (Lipinski definition) is 0. The van der Waals surface area contributed by atoms with Gasteiger partial charge in [-0.2, -0.15) is 0 Å². The fourth-order valence-corrected chi connectivity index (χ4v) is 0. The van der Waals surface area contributed by atoms with Gasteiger partial charge in [0, 0.05) is 15.9 Å². The van der Waals surface area contributed by atoms with Crippen LogP contribution in [0.25, 0.3) is 0 Å². The molecular formula is C3H5BrMg. The zero-order chi connectivity index (χ0) is 3.41. The predicted octanol–water partition coefficient (Wildman–Crippen LogP) is 1.21. The molecule has 0 unspecified atom stereocenters. The Morgan fingerprint density at radius 1 is 1.80 bits per heavy atom. The Bertz CT molecular complexity index is 49.7. The monoisotopic (exact) mass is 144 g/mol. The standard InChI is InChI=1S/C3H3Br.Mg.2H/c1-2-3-4;;;/h1H3;;;/q;+2;2*-1. The van der Waals surface area contributed by atoms with Crippen molar-refractivity contribution in [2.75, 3.05) is 0 Å². The Hall–Kier alpha value is 0.806.